The quantitative estimate of drug-likeness (QED) is 0.801. The van der Waals surface area contributed by atoms with Gasteiger partial charge >= 0.3 is 0 Å². The van der Waals surface area contributed by atoms with Gasteiger partial charge in [0.05, 0.1) is 11.4 Å². The topological polar surface area (TPSA) is 92.5 Å². The first-order chi connectivity index (χ1) is 8.74. The molecule has 106 valence electrons. The number of rotatable bonds is 5. The van der Waals surface area contributed by atoms with Crippen LogP contribution in [-0.4, -0.2) is 39.9 Å². The van der Waals surface area contributed by atoms with Gasteiger partial charge in [0.1, 0.15) is 0 Å². The van der Waals surface area contributed by atoms with Gasteiger partial charge in [0.2, 0.25) is 15.9 Å². The average Bonchev–Trinajstić information content (AvgIpc) is 2.36. The third-order valence-corrected chi connectivity index (χ3v) is 4.05. The molecule has 1 unspecified atom stereocenters. The van der Waals surface area contributed by atoms with Gasteiger partial charge < -0.3 is 10.6 Å². The zero-order valence-corrected chi connectivity index (χ0v) is 12.1. The zero-order chi connectivity index (χ0) is 14.6. The minimum Gasteiger partial charge on any atom is -0.348 e. The van der Waals surface area contributed by atoms with E-state index in [2.05, 4.69) is 4.72 Å². The van der Waals surface area contributed by atoms with Gasteiger partial charge in [0.15, 0.2) is 0 Å². The highest BCUT2D eigenvalue weighted by Crippen LogP contribution is 2.14. The third-order valence-electron chi connectivity index (χ3n) is 2.63. The van der Waals surface area contributed by atoms with E-state index in [9.17, 15) is 13.2 Å². The van der Waals surface area contributed by atoms with Crippen molar-refractivity contribution >= 4 is 15.9 Å². The number of nitrogens with two attached hydrogens (primary N) is 1. The maximum atomic E-state index is 11.9. The van der Waals surface area contributed by atoms with Gasteiger partial charge in [-0.25, -0.2) is 13.1 Å². The molecule has 0 spiro atoms. The standard InChI is InChI=1S/C12H19N3O3S/c1-9(13)10-4-6-11(7-5-10)19(17,18)14-8-12(16)15(2)3/h4-7,9,14H,8,13H2,1-3H3. The number of nitrogens with one attached hydrogen (secondary N) is 1. The fraction of sp³-hybridized carbons (Fsp3) is 0.417. The Morgan fingerprint density at radius 1 is 1.32 bits per heavy atom. The number of hydrogen-bond donors (Lipinski definition) is 2. The molecule has 0 aromatic heterocycles. The summed E-state index contributed by atoms with van der Waals surface area (Å²) in [7, 11) is -0.543. The van der Waals surface area contributed by atoms with Crippen LogP contribution in [0.25, 0.3) is 0 Å². The minimum atomic E-state index is -3.67. The molecule has 19 heavy (non-hydrogen) atoms. The lowest BCUT2D eigenvalue weighted by Gasteiger charge is -2.12. The van der Waals surface area contributed by atoms with Crippen molar-refractivity contribution in [3.05, 3.63) is 29.8 Å². The molecule has 1 rings (SSSR count). The van der Waals surface area contributed by atoms with Crippen LogP contribution in [0.4, 0.5) is 0 Å². The van der Waals surface area contributed by atoms with Crippen LogP contribution in [0, 0.1) is 0 Å². The number of carbonyl (C=O) groups excluding carboxylic acids is 1. The normalized spacial score (nSPS) is 13.1. The molecule has 0 radical (unpaired) electrons. The molecule has 6 nitrogen and oxygen atoms in total. The van der Waals surface area contributed by atoms with Crippen molar-refractivity contribution in [1.82, 2.24) is 9.62 Å². The number of likely N-dealkylation sites (N-methyl/N-ethyl adjacent to an activating group) is 1. The first-order valence-corrected chi connectivity index (χ1v) is 7.27. The summed E-state index contributed by atoms with van der Waals surface area (Å²) < 4.78 is 26.1. The number of sulfonamides is 1. The van der Waals surface area contributed by atoms with E-state index in [0.717, 1.165) is 5.56 Å². The lowest BCUT2D eigenvalue weighted by Crippen LogP contribution is -2.36. The van der Waals surface area contributed by atoms with E-state index < -0.39 is 10.0 Å². The Hall–Kier alpha value is -1.44. The minimum absolute atomic E-state index is 0.114. The van der Waals surface area contributed by atoms with Crippen LogP contribution in [0.2, 0.25) is 0 Å². The second-order valence-electron chi connectivity index (χ2n) is 4.47. The van der Waals surface area contributed by atoms with Crippen molar-refractivity contribution in [1.29, 1.82) is 0 Å². The summed E-state index contributed by atoms with van der Waals surface area (Å²) in [5.41, 5.74) is 6.54. The van der Waals surface area contributed by atoms with E-state index in [1.165, 1.54) is 17.0 Å². The van der Waals surface area contributed by atoms with Gasteiger partial charge in [-0.1, -0.05) is 12.1 Å². The summed E-state index contributed by atoms with van der Waals surface area (Å²) in [5, 5.41) is 0. The van der Waals surface area contributed by atoms with Crippen LogP contribution in [0.1, 0.15) is 18.5 Å². The average molecular weight is 285 g/mol. The number of nitrogens with zero attached hydrogens (tertiary/aromatic N) is 1. The Kier molecular flexibility index (Phi) is 5.04. The van der Waals surface area contributed by atoms with Gasteiger partial charge in [-0.15, -0.1) is 0 Å². The molecule has 0 aliphatic heterocycles. The first kappa shape index (κ1) is 15.6. The second-order valence-corrected chi connectivity index (χ2v) is 6.24. The number of amides is 1. The van der Waals surface area contributed by atoms with Crippen molar-refractivity contribution < 1.29 is 13.2 Å². The largest absolute Gasteiger partial charge is 0.348 e. The molecular formula is C12H19N3O3S. The molecule has 0 saturated heterocycles. The Morgan fingerprint density at radius 3 is 2.26 bits per heavy atom. The van der Waals surface area contributed by atoms with Crippen molar-refractivity contribution in [3.8, 4) is 0 Å². The highest BCUT2D eigenvalue weighted by atomic mass is 32.2. The van der Waals surface area contributed by atoms with Crippen LogP contribution in [0.15, 0.2) is 29.2 Å². The molecule has 1 aromatic rings. The molecule has 7 heteroatoms. The number of hydrogen-bond acceptors (Lipinski definition) is 4. The van der Waals surface area contributed by atoms with E-state index >= 15 is 0 Å². The molecule has 0 heterocycles. The summed E-state index contributed by atoms with van der Waals surface area (Å²) in [6.45, 7) is 1.56. The molecule has 0 fully saturated rings. The van der Waals surface area contributed by atoms with E-state index in [1.54, 1.807) is 26.2 Å². The molecule has 0 saturated carbocycles. The predicted molar refractivity (Wildman–Crippen MR) is 72.9 cm³/mol. The van der Waals surface area contributed by atoms with E-state index in [4.69, 9.17) is 5.73 Å². The summed E-state index contributed by atoms with van der Waals surface area (Å²) >= 11 is 0. The van der Waals surface area contributed by atoms with Crippen molar-refractivity contribution in [3.63, 3.8) is 0 Å². The molecule has 1 amide bonds. The molecule has 0 aliphatic carbocycles. The lowest BCUT2D eigenvalue weighted by molar-refractivity contribution is -0.127. The third kappa shape index (κ3) is 4.30. The fourth-order valence-electron chi connectivity index (χ4n) is 1.35. The van der Waals surface area contributed by atoms with E-state index in [1.807, 2.05) is 6.92 Å². The van der Waals surface area contributed by atoms with Crippen LogP contribution >= 0.6 is 0 Å². The van der Waals surface area contributed by atoms with E-state index in [0.29, 0.717) is 0 Å². The summed E-state index contributed by atoms with van der Waals surface area (Å²) in [4.78, 5) is 12.8. The van der Waals surface area contributed by atoms with Crippen LogP contribution in [0.5, 0.6) is 0 Å². The Morgan fingerprint density at radius 2 is 1.84 bits per heavy atom. The van der Waals surface area contributed by atoms with Gasteiger partial charge in [0, 0.05) is 20.1 Å². The number of carbonyl (C=O) groups is 1. The van der Waals surface area contributed by atoms with Crippen molar-refractivity contribution in [2.24, 2.45) is 5.73 Å². The maximum absolute atomic E-state index is 11.9. The molecular weight excluding hydrogens is 266 g/mol. The highest BCUT2D eigenvalue weighted by Gasteiger charge is 2.16. The van der Waals surface area contributed by atoms with Gasteiger partial charge in [-0.3, -0.25) is 4.79 Å². The molecule has 0 bridgehead atoms. The van der Waals surface area contributed by atoms with Gasteiger partial charge in [-0.2, -0.15) is 0 Å². The predicted octanol–water partition coefficient (Wildman–Crippen LogP) is 0.0728. The molecule has 0 aliphatic rings. The lowest BCUT2D eigenvalue weighted by atomic mass is 10.1. The maximum Gasteiger partial charge on any atom is 0.241 e. The van der Waals surface area contributed by atoms with Crippen molar-refractivity contribution in [2.45, 2.75) is 17.9 Å². The highest BCUT2D eigenvalue weighted by molar-refractivity contribution is 7.89. The van der Waals surface area contributed by atoms with Gasteiger partial charge in [-0.05, 0) is 24.6 Å². The summed E-state index contributed by atoms with van der Waals surface area (Å²) in [6.07, 6.45) is 0. The van der Waals surface area contributed by atoms with Crippen LogP contribution in [-0.2, 0) is 14.8 Å². The molecule has 3 N–H and O–H groups in total. The summed E-state index contributed by atoms with van der Waals surface area (Å²) in [6, 6.07) is 6.11. The molecule has 1 aromatic carbocycles. The van der Waals surface area contributed by atoms with Crippen LogP contribution < -0.4 is 10.5 Å². The SMILES string of the molecule is CC(N)c1ccc(S(=O)(=O)NCC(=O)N(C)C)cc1. The van der Waals surface area contributed by atoms with Crippen molar-refractivity contribution in [2.75, 3.05) is 20.6 Å². The first-order valence-electron chi connectivity index (χ1n) is 5.79. The molecule has 1 atom stereocenters. The second kappa shape index (κ2) is 6.14. The summed E-state index contributed by atoms with van der Waals surface area (Å²) in [5.74, 6) is -0.309. The van der Waals surface area contributed by atoms with E-state index in [-0.39, 0.29) is 23.4 Å². The van der Waals surface area contributed by atoms with Gasteiger partial charge in [0.25, 0.3) is 0 Å². The fourth-order valence-corrected chi connectivity index (χ4v) is 2.32. The van der Waals surface area contributed by atoms with Crippen LogP contribution in [0.3, 0.4) is 0 Å². The Bertz CT molecular complexity index is 536. The smallest absolute Gasteiger partial charge is 0.241 e. The Balaban J connectivity index is 2.80. The monoisotopic (exact) mass is 285 g/mol. The zero-order valence-electron chi connectivity index (χ0n) is 11.3. The number of benzene rings is 1. The Labute approximate surface area is 113 Å².